The molecule has 1 aliphatic heterocycles. The lowest BCUT2D eigenvalue weighted by Gasteiger charge is -2.09. The first kappa shape index (κ1) is 7.28. The number of rotatable bonds is 0. The van der Waals surface area contributed by atoms with Crippen molar-refractivity contribution >= 4 is 11.9 Å². The summed E-state index contributed by atoms with van der Waals surface area (Å²) in [4.78, 5) is 22.1. The van der Waals surface area contributed by atoms with Crippen LogP contribution in [0, 0.1) is 5.92 Å². The van der Waals surface area contributed by atoms with E-state index in [1.165, 1.54) is 0 Å². The second kappa shape index (κ2) is 2.30. The molecule has 3 nitrogen and oxygen atoms in total. The Labute approximate surface area is 69.7 Å². The van der Waals surface area contributed by atoms with Crippen molar-refractivity contribution in [3.63, 3.8) is 0 Å². The third-order valence-corrected chi connectivity index (χ3v) is 2.18. The molecule has 12 heavy (non-hydrogen) atoms. The van der Waals surface area contributed by atoms with Crippen LogP contribution < -0.4 is 0 Å². The number of allylic oxidation sites excluding steroid dienone is 2. The molecule has 0 amide bonds. The van der Waals surface area contributed by atoms with Gasteiger partial charge in [0.15, 0.2) is 0 Å². The molecule has 1 aliphatic carbocycles. The molecule has 0 saturated carbocycles. The molecule has 0 aromatic carbocycles. The predicted molar refractivity (Wildman–Crippen MR) is 41.0 cm³/mol. The Hall–Kier alpha value is -1.38. The minimum absolute atomic E-state index is 0.0210. The van der Waals surface area contributed by atoms with Crippen LogP contribution in [0.3, 0.4) is 0 Å². The maximum Gasteiger partial charge on any atom is 0.343 e. The molecule has 1 heterocycles. The number of hydrogen-bond acceptors (Lipinski definition) is 3. The fourth-order valence-electron chi connectivity index (χ4n) is 1.57. The summed E-state index contributed by atoms with van der Waals surface area (Å²) in [5.74, 6) is -0.911. The van der Waals surface area contributed by atoms with E-state index in [9.17, 15) is 9.59 Å². The van der Waals surface area contributed by atoms with E-state index in [0.29, 0.717) is 17.6 Å². The number of carbonyl (C=O) groups is 2. The SMILES string of the molecule is C[C@@H]1C=CCC2=C1C(=O)OC2=O. The highest BCUT2D eigenvalue weighted by molar-refractivity contribution is 6.13. The van der Waals surface area contributed by atoms with Gasteiger partial charge >= 0.3 is 11.9 Å². The maximum atomic E-state index is 11.1. The molecule has 2 rings (SSSR count). The largest absolute Gasteiger partial charge is 0.386 e. The molecule has 2 aliphatic rings. The summed E-state index contributed by atoms with van der Waals surface area (Å²) in [5, 5.41) is 0. The summed E-state index contributed by atoms with van der Waals surface area (Å²) in [7, 11) is 0. The normalized spacial score (nSPS) is 27.6. The number of cyclic esters (lactones) is 2. The third-order valence-electron chi connectivity index (χ3n) is 2.18. The first-order valence-corrected chi connectivity index (χ1v) is 3.86. The topological polar surface area (TPSA) is 43.4 Å². The number of esters is 2. The van der Waals surface area contributed by atoms with E-state index in [1.807, 2.05) is 19.1 Å². The molecule has 3 heteroatoms. The summed E-state index contributed by atoms with van der Waals surface area (Å²) >= 11 is 0. The van der Waals surface area contributed by atoms with Gasteiger partial charge in [0.25, 0.3) is 0 Å². The standard InChI is InChI=1S/C9H8O3/c1-5-3-2-4-6-7(5)9(11)12-8(6)10/h2-3,5H,4H2,1H3/t5-/m1/s1. The zero-order chi connectivity index (χ0) is 8.72. The molecule has 0 unspecified atom stereocenters. The average molecular weight is 164 g/mol. The van der Waals surface area contributed by atoms with Crippen molar-refractivity contribution in [2.24, 2.45) is 5.92 Å². The van der Waals surface area contributed by atoms with Gasteiger partial charge < -0.3 is 4.74 Å². The molecule has 0 fully saturated rings. The summed E-state index contributed by atoms with van der Waals surface area (Å²) in [5.41, 5.74) is 1.08. The van der Waals surface area contributed by atoms with Crippen LogP contribution in [0.4, 0.5) is 0 Å². The molecule has 0 radical (unpaired) electrons. The molecule has 0 spiro atoms. The first-order valence-electron chi connectivity index (χ1n) is 3.86. The molecule has 0 aromatic rings. The minimum atomic E-state index is -0.466. The average Bonchev–Trinajstić information content (AvgIpc) is 2.29. The van der Waals surface area contributed by atoms with Crippen LogP contribution in [-0.4, -0.2) is 11.9 Å². The van der Waals surface area contributed by atoms with E-state index >= 15 is 0 Å². The summed E-state index contributed by atoms with van der Waals surface area (Å²) in [6.45, 7) is 1.88. The predicted octanol–water partition coefficient (Wildman–Crippen LogP) is 0.962. The van der Waals surface area contributed by atoms with Gasteiger partial charge in [0.1, 0.15) is 0 Å². The summed E-state index contributed by atoms with van der Waals surface area (Å²) in [6.07, 6.45) is 4.34. The fourth-order valence-corrected chi connectivity index (χ4v) is 1.57. The van der Waals surface area contributed by atoms with Crippen molar-refractivity contribution in [2.45, 2.75) is 13.3 Å². The summed E-state index contributed by atoms with van der Waals surface area (Å²) in [6, 6.07) is 0. The van der Waals surface area contributed by atoms with Gasteiger partial charge in [-0.05, 0) is 6.42 Å². The number of ether oxygens (including phenoxy) is 1. The van der Waals surface area contributed by atoms with Crippen molar-refractivity contribution < 1.29 is 14.3 Å². The molecule has 62 valence electrons. The Balaban J connectivity index is 2.47. The van der Waals surface area contributed by atoms with E-state index in [-0.39, 0.29) is 5.92 Å². The second-order valence-electron chi connectivity index (χ2n) is 2.99. The molecular formula is C9H8O3. The Morgan fingerprint density at radius 2 is 2.17 bits per heavy atom. The number of carbonyl (C=O) groups excluding carboxylic acids is 2. The molecule has 0 bridgehead atoms. The minimum Gasteiger partial charge on any atom is -0.386 e. The second-order valence-corrected chi connectivity index (χ2v) is 2.99. The van der Waals surface area contributed by atoms with Crippen molar-refractivity contribution in [3.05, 3.63) is 23.3 Å². The van der Waals surface area contributed by atoms with Gasteiger partial charge in [-0.1, -0.05) is 19.1 Å². The van der Waals surface area contributed by atoms with Gasteiger partial charge in [-0.15, -0.1) is 0 Å². The van der Waals surface area contributed by atoms with Crippen LogP contribution in [0.25, 0.3) is 0 Å². The first-order chi connectivity index (χ1) is 5.70. The Morgan fingerprint density at radius 3 is 2.83 bits per heavy atom. The Bertz CT molecular complexity index is 323. The van der Waals surface area contributed by atoms with Crippen molar-refractivity contribution in [1.82, 2.24) is 0 Å². The maximum absolute atomic E-state index is 11.1. The van der Waals surface area contributed by atoms with Crippen LogP contribution in [0.2, 0.25) is 0 Å². The van der Waals surface area contributed by atoms with Gasteiger partial charge in [-0.25, -0.2) is 9.59 Å². The zero-order valence-corrected chi connectivity index (χ0v) is 6.66. The van der Waals surface area contributed by atoms with E-state index in [2.05, 4.69) is 4.74 Å². The van der Waals surface area contributed by atoms with E-state index in [0.717, 1.165) is 0 Å². The molecule has 1 atom stereocenters. The van der Waals surface area contributed by atoms with Crippen molar-refractivity contribution in [3.8, 4) is 0 Å². The third kappa shape index (κ3) is 0.826. The van der Waals surface area contributed by atoms with Gasteiger partial charge in [0.05, 0.1) is 11.1 Å². The van der Waals surface area contributed by atoms with Crippen LogP contribution in [0.15, 0.2) is 23.3 Å². The van der Waals surface area contributed by atoms with Gasteiger partial charge in [0, 0.05) is 5.92 Å². The zero-order valence-electron chi connectivity index (χ0n) is 6.66. The Morgan fingerprint density at radius 1 is 1.42 bits per heavy atom. The monoisotopic (exact) mass is 164 g/mol. The van der Waals surface area contributed by atoms with Gasteiger partial charge in [0.2, 0.25) is 0 Å². The Kier molecular flexibility index (Phi) is 1.40. The van der Waals surface area contributed by atoms with Crippen molar-refractivity contribution in [1.29, 1.82) is 0 Å². The van der Waals surface area contributed by atoms with Crippen LogP contribution >= 0.6 is 0 Å². The lowest BCUT2D eigenvalue weighted by Crippen LogP contribution is -2.08. The van der Waals surface area contributed by atoms with Crippen LogP contribution in [0.1, 0.15) is 13.3 Å². The van der Waals surface area contributed by atoms with Crippen molar-refractivity contribution in [2.75, 3.05) is 0 Å². The highest BCUT2D eigenvalue weighted by Crippen LogP contribution is 2.31. The highest BCUT2D eigenvalue weighted by Gasteiger charge is 2.35. The van der Waals surface area contributed by atoms with E-state index in [1.54, 1.807) is 0 Å². The quantitative estimate of drug-likeness (QED) is 0.304. The highest BCUT2D eigenvalue weighted by atomic mass is 16.6. The summed E-state index contributed by atoms with van der Waals surface area (Å²) < 4.78 is 4.49. The van der Waals surface area contributed by atoms with Crippen LogP contribution in [-0.2, 0) is 14.3 Å². The molecular weight excluding hydrogens is 156 g/mol. The molecule has 0 N–H and O–H groups in total. The van der Waals surface area contributed by atoms with E-state index < -0.39 is 11.9 Å². The van der Waals surface area contributed by atoms with Crippen LogP contribution in [0.5, 0.6) is 0 Å². The lowest BCUT2D eigenvalue weighted by molar-refractivity contribution is -0.151. The number of hydrogen-bond donors (Lipinski definition) is 0. The smallest absolute Gasteiger partial charge is 0.343 e. The van der Waals surface area contributed by atoms with E-state index in [4.69, 9.17) is 0 Å². The lowest BCUT2D eigenvalue weighted by atomic mass is 9.90. The van der Waals surface area contributed by atoms with Gasteiger partial charge in [-0.3, -0.25) is 0 Å². The molecule has 0 aromatic heterocycles. The fraction of sp³-hybridized carbons (Fsp3) is 0.333. The van der Waals surface area contributed by atoms with Gasteiger partial charge in [-0.2, -0.15) is 0 Å². The molecule has 0 saturated heterocycles.